The summed E-state index contributed by atoms with van der Waals surface area (Å²) in [5, 5.41) is 0. The third kappa shape index (κ3) is 3.40. The fourth-order valence-corrected chi connectivity index (χ4v) is 1.54. The number of ketones is 1. The second-order valence-electron chi connectivity index (χ2n) is 4.63. The zero-order valence-corrected chi connectivity index (χ0v) is 11.3. The lowest BCUT2D eigenvalue weighted by Gasteiger charge is -2.32. The number of rotatable bonds is 4. The van der Waals surface area contributed by atoms with Gasteiger partial charge >= 0.3 is 30.1 Å². The Morgan fingerprint density at radius 2 is 1.20 bits per heavy atom. The Bertz CT molecular complexity index is 655. The Balaban J connectivity index is 3.41. The summed E-state index contributed by atoms with van der Waals surface area (Å²) in [6.07, 6.45) is -12.4. The first kappa shape index (κ1) is 21.1. The van der Waals surface area contributed by atoms with Crippen molar-refractivity contribution in [1.82, 2.24) is 0 Å². The van der Waals surface area contributed by atoms with Crippen LogP contribution in [-0.4, -0.2) is 29.7 Å². The molecule has 0 atom stereocenters. The summed E-state index contributed by atoms with van der Waals surface area (Å²) in [6, 6.07) is 0.301. The molecule has 1 aromatic rings. The maximum Gasteiger partial charge on any atom is 0.460 e. The van der Waals surface area contributed by atoms with E-state index in [0.717, 1.165) is 0 Å². The number of hydrogen-bond donors (Lipinski definition) is 0. The lowest BCUT2D eigenvalue weighted by atomic mass is 9.95. The average Bonchev–Trinajstić information content (AvgIpc) is 2.44. The van der Waals surface area contributed by atoms with Gasteiger partial charge in [0.05, 0.1) is 5.56 Å². The van der Waals surface area contributed by atoms with Crippen LogP contribution >= 0.6 is 0 Å². The molecule has 13 heteroatoms. The van der Waals surface area contributed by atoms with Gasteiger partial charge in [0.1, 0.15) is 0 Å². The van der Waals surface area contributed by atoms with Crippen LogP contribution in [-0.2, 0) is 6.18 Å². The fourth-order valence-electron chi connectivity index (χ4n) is 1.54. The highest BCUT2D eigenvalue weighted by Crippen LogP contribution is 2.53. The first-order chi connectivity index (χ1) is 10.9. The van der Waals surface area contributed by atoms with Gasteiger partial charge in [0.2, 0.25) is 5.78 Å². The summed E-state index contributed by atoms with van der Waals surface area (Å²) in [6.45, 7) is 0. The van der Waals surface area contributed by atoms with Crippen LogP contribution in [0.5, 0.6) is 0 Å². The van der Waals surface area contributed by atoms with Crippen molar-refractivity contribution in [3.63, 3.8) is 0 Å². The number of Topliss-reactive ketones (excluding diaryl/α,β-unsaturated/α-hetero) is 1. The predicted octanol–water partition coefficient (Wildman–Crippen LogP) is 5.36. The molecule has 0 radical (unpaired) electrons. The molecule has 0 aliphatic rings. The molecule has 1 nitrogen and oxygen atoms in total. The van der Waals surface area contributed by atoms with Crippen molar-refractivity contribution in [3.05, 3.63) is 35.4 Å². The first-order valence-electron chi connectivity index (χ1n) is 5.79. The molecule has 0 N–H and O–H groups in total. The topological polar surface area (TPSA) is 17.1 Å². The molecule has 0 fully saturated rings. The standard InChI is InChI=1S/C12H4F12O/c13-8(14,10(18,19)11(20,21)12(22,23)24)7(25)5-2-1-3-6(4-5)9(15,16)17/h1-4H. The van der Waals surface area contributed by atoms with Gasteiger partial charge in [0, 0.05) is 5.56 Å². The molecule has 0 unspecified atom stereocenters. The molecule has 1 aromatic carbocycles. The highest BCUT2D eigenvalue weighted by atomic mass is 19.4. The summed E-state index contributed by atoms with van der Waals surface area (Å²) >= 11 is 0. The van der Waals surface area contributed by atoms with Crippen LogP contribution in [0.1, 0.15) is 15.9 Å². The van der Waals surface area contributed by atoms with Gasteiger partial charge in [-0.25, -0.2) is 0 Å². The number of alkyl halides is 12. The fraction of sp³-hybridized carbons (Fsp3) is 0.417. The van der Waals surface area contributed by atoms with Crippen molar-refractivity contribution in [2.24, 2.45) is 0 Å². The summed E-state index contributed by atoms with van der Waals surface area (Å²) < 4.78 is 151. The van der Waals surface area contributed by atoms with Crippen molar-refractivity contribution in [2.45, 2.75) is 30.1 Å². The Hall–Kier alpha value is -1.95. The van der Waals surface area contributed by atoms with E-state index in [4.69, 9.17) is 0 Å². The van der Waals surface area contributed by atoms with Crippen molar-refractivity contribution < 1.29 is 57.5 Å². The van der Waals surface area contributed by atoms with E-state index < -0.39 is 47.0 Å². The van der Waals surface area contributed by atoms with E-state index in [1.165, 1.54) is 0 Å². The lowest BCUT2D eigenvalue weighted by molar-refractivity contribution is -0.386. The molecule has 0 bridgehead atoms. The second kappa shape index (κ2) is 5.80. The Kier molecular flexibility index (Phi) is 4.89. The molecule has 0 aromatic heterocycles. The highest BCUT2D eigenvalue weighted by Gasteiger charge is 2.83. The Labute approximate surface area is 130 Å². The SMILES string of the molecule is O=C(c1cccc(C(F)(F)F)c1)C(F)(F)C(F)(F)C(F)(F)C(F)(F)F. The quantitative estimate of drug-likeness (QED) is 0.499. The van der Waals surface area contributed by atoms with E-state index >= 15 is 0 Å². The van der Waals surface area contributed by atoms with Crippen LogP contribution < -0.4 is 0 Å². The van der Waals surface area contributed by atoms with Crippen LogP contribution in [0.2, 0.25) is 0 Å². The first-order valence-corrected chi connectivity index (χ1v) is 5.79. The summed E-state index contributed by atoms with van der Waals surface area (Å²) in [5.41, 5.74) is -3.60. The van der Waals surface area contributed by atoms with Crippen LogP contribution in [0.15, 0.2) is 24.3 Å². The number of halogens is 12. The smallest absolute Gasteiger partial charge is 0.287 e. The number of benzene rings is 1. The lowest BCUT2D eigenvalue weighted by Crippen LogP contribution is -2.63. The molecule has 0 saturated carbocycles. The van der Waals surface area contributed by atoms with E-state index in [1.54, 1.807) is 0 Å². The normalized spacial score (nSPS) is 14.6. The molecule has 0 saturated heterocycles. The van der Waals surface area contributed by atoms with Crippen molar-refractivity contribution in [3.8, 4) is 0 Å². The largest absolute Gasteiger partial charge is 0.460 e. The van der Waals surface area contributed by atoms with Crippen LogP contribution in [0, 0.1) is 0 Å². The van der Waals surface area contributed by atoms with Crippen molar-refractivity contribution >= 4 is 5.78 Å². The summed E-state index contributed by atoms with van der Waals surface area (Å²) in [4.78, 5) is 11.3. The molecule has 142 valence electrons. The number of carbonyl (C=O) groups excluding carboxylic acids is 1. The van der Waals surface area contributed by atoms with Gasteiger partial charge in [-0.15, -0.1) is 0 Å². The Morgan fingerprint density at radius 3 is 1.60 bits per heavy atom. The van der Waals surface area contributed by atoms with Gasteiger partial charge in [-0.2, -0.15) is 52.7 Å². The summed E-state index contributed by atoms with van der Waals surface area (Å²) in [5.74, 6) is -24.5. The molecule has 0 heterocycles. The molecular weight excluding hydrogens is 388 g/mol. The second-order valence-corrected chi connectivity index (χ2v) is 4.63. The number of carbonyl (C=O) groups is 1. The minimum Gasteiger partial charge on any atom is -0.287 e. The van der Waals surface area contributed by atoms with Gasteiger partial charge in [-0.3, -0.25) is 4.79 Å². The zero-order valence-electron chi connectivity index (χ0n) is 11.3. The number of hydrogen-bond acceptors (Lipinski definition) is 1. The average molecular weight is 392 g/mol. The van der Waals surface area contributed by atoms with E-state index in [0.29, 0.717) is 6.07 Å². The van der Waals surface area contributed by atoms with Crippen LogP contribution in [0.3, 0.4) is 0 Å². The molecule has 1 rings (SSSR count). The van der Waals surface area contributed by atoms with Crippen LogP contribution in [0.25, 0.3) is 0 Å². The zero-order chi connectivity index (χ0) is 20.1. The third-order valence-corrected chi connectivity index (χ3v) is 2.88. The summed E-state index contributed by atoms with van der Waals surface area (Å²) in [7, 11) is 0. The maximum atomic E-state index is 13.4. The van der Waals surface area contributed by atoms with E-state index in [-0.39, 0.29) is 18.2 Å². The van der Waals surface area contributed by atoms with Gasteiger partial charge in [-0.05, 0) is 12.1 Å². The van der Waals surface area contributed by atoms with Gasteiger partial charge in [-0.1, -0.05) is 12.1 Å². The van der Waals surface area contributed by atoms with Gasteiger partial charge < -0.3 is 0 Å². The third-order valence-electron chi connectivity index (χ3n) is 2.88. The minimum absolute atomic E-state index is 0.132. The monoisotopic (exact) mass is 392 g/mol. The van der Waals surface area contributed by atoms with Crippen molar-refractivity contribution in [1.29, 1.82) is 0 Å². The molecular formula is C12H4F12O. The van der Waals surface area contributed by atoms with E-state index in [9.17, 15) is 57.5 Å². The molecule has 0 amide bonds. The highest BCUT2D eigenvalue weighted by molar-refractivity contribution is 6.02. The molecule has 25 heavy (non-hydrogen) atoms. The van der Waals surface area contributed by atoms with Gasteiger partial charge in [0.25, 0.3) is 0 Å². The van der Waals surface area contributed by atoms with E-state index in [1.807, 2.05) is 0 Å². The predicted molar refractivity (Wildman–Crippen MR) is 56.7 cm³/mol. The molecule has 0 aliphatic carbocycles. The molecule has 0 aliphatic heterocycles. The van der Waals surface area contributed by atoms with Crippen molar-refractivity contribution in [2.75, 3.05) is 0 Å². The molecule has 0 spiro atoms. The minimum atomic E-state index is -7.32. The van der Waals surface area contributed by atoms with Gasteiger partial charge in [0.15, 0.2) is 0 Å². The Morgan fingerprint density at radius 1 is 0.720 bits per heavy atom. The van der Waals surface area contributed by atoms with Crippen LogP contribution in [0.4, 0.5) is 52.7 Å². The van der Waals surface area contributed by atoms with E-state index in [2.05, 4.69) is 0 Å². The maximum absolute atomic E-state index is 13.4.